The first-order valence-electron chi connectivity index (χ1n) is 6.21. The van der Waals surface area contributed by atoms with Gasteiger partial charge >= 0.3 is 0 Å². The molecule has 2 aliphatic rings. The number of hydrogen-bond donors (Lipinski definition) is 0. The molecule has 0 N–H and O–H groups in total. The number of benzene rings is 1. The Labute approximate surface area is 101 Å². The van der Waals surface area contributed by atoms with Gasteiger partial charge in [0.2, 0.25) is 5.91 Å². The molecule has 1 fully saturated rings. The van der Waals surface area contributed by atoms with E-state index in [0.29, 0.717) is 0 Å². The molecule has 0 radical (unpaired) electrons. The Balaban J connectivity index is 1.74. The number of amides is 1. The van der Waals surface area contributed by atoms with E-state index in [2.05, 4.69) is 12.1 Å². The van der Waals surface area contributed by atoms with Crippen molar-refractivity contribution in [3.63, 3.8) is 0 Å². The van der Waals surface area contributed by atoms with Crippen molar-refractivity contribution in [3.8, 4) is 5.75 Å². The summed E-state index contributed by atoms with van der Waals surface area (Å²) in [5.41, 5.74) is 1.26. The largest absolute Gasteiger partial charge is 0.487 e. The Morgan fingerprint density at radius 1 is 1.29 bits per heavy atom. The molecule has 2 aliphatic heterocycles. The quantitative estimate of drug-likeness (QED) is 0.683. The molecule has 1 saturated heterocycles. The van der Waals surface area contributed by atoms with Crippen molar-refractivity contribution in [1.29, 1.82) is 0 Å². The van der Waals surface area contributed by atoms with E-state index in [1.165, 1.54) is 5.56 Å². The Bertz CT molecular complexity index is 420. The van der Waals surface area contributed by atoms with Gasteiger partial charge in [-0.25, -0.2) is 0 Å². The average Bonchev–Trinajstić information content (AvgIpc) is 2.67. The number of para-hydroxylation sites is 1. The fourth-order valence-electron chi connectivity index (χ4n) is 2.87. The molecule has 0 unspecified atom stereocenters. The first-order chi connectivity index (χ1) is 8.19. The van der Waals surface area contributed by atoms with Crippen LogP contribution in [0, 0.1) is 0 Å². The molecule has 1 aromatic carbocycles. The number of rotatable bonds is 0. The molecule has 0 aromatic heterocycles. The van der Waals surface area contributed by atoms with Crippen LogP contribution in [0.15, 0.2) is 24.3 Å². The summed E-state index contributed by atoms with van der Waals surface area (Å²) in [5, 5.41) is 0. The zero-order chi connectivity index (χ0) is 11.9. The van der Waals surface area contributed by atoms with Gasteiger partial charge in [0.25, 0.3) is 0 Å². The number of hydrogen-bond acceptors (Lipinski definition) is 2. The van der Waals surface area contributed by atoms with Crippen LogP contribution in [0.25, 0.3) is 0 Å². The van der Waals surface area contributed by atoms with Crippen LogP contribution >= 0.6 is 0 Å². The standard InChI is InChI=1S/C14H17NO2/c1-11(16)15-8-6-14(7-9-15)10-12-4-2-3-5-13(12)17-14/h2-5H,6-10H2,1H3. The number of likely N-dealkylation sites (tertiary alicyclic amines) is 1. The summed E-state index contributed by atoms with van der Waals surface area (Å²) in [6.45, 7) is 3.29. The van der Waals surface area contributed by atoms with Gasteiger partial charge in [0.15, 0.2) is 0 Å². The first kappa shape index (κ1) is 10.6. The van der Waals surface area contributed by atoms with E-state index in [0.717, 1.165) is 38.1 Å². The zero-order valence-corrected chi connectivity index (χ0v) is 10.1. The van der Waals surface area contributed by atoms with Crippen LogP contribution in [0.5, 0.6) is 5.75 Å². The smallest absolute Gasteiger partial charge is 0.219 e. The zero-order valence-electron chi connectivity index (χ0n) is 10.1. The van der Waals surface area contributed by atoms with E-state index < -0.39 is 0 Å². The molecule has 1 aromatic rings. The topological polar surface area (TPSA) is 29.5 Å². The lowest BCUT2D eigenvalue weighted by atomic mass is 9.87. The summed E-state index contributed by atoms with van der Waals surface area (Å²) in [7, 11) is 0. The van der Waals surface area contributed by atoms with Gasteiger partial charge in [0, 0.05) is 39.3 Å². The number of nitrogens with zero attached hydrogens (tertiary/aromatic N) is 1. The summed E-state index contributed by atoms with van der Waals surface area (Å²) in [4.78, 5) is 13.2. The lowest BCUT2D eigenvalue weighted by Gasteiger charge is -2.38. The molecule has 2 heterocycles. The number of carbonyl (C=O) groups is 1. The second kappa shape index (κ2) is 3.76. The highest BCUT2D eigenvalue weighted by Crippen LogP contribution is 2.40. The van der Waals surface area contributed by atoms with Crippen molar-refractivity contribution >= 4 is 5.91 Å². The number of carbonyl (C=O) groups excluding carboxylic acids is 1. The minimum atomic E-state index is -0.0460. The van der Waals surface area contributed by atoms with Gasteiger partial charge in [0.1, 0.15) is 11.4 Å². The number of piperidine rings is 1. The molecule has 90 valence electrons. The second-order valence-electron chi connectivity index (χ2n) is 5.08. The summed E-state index contributed by atoms with van der Waals surface area (Å²) < 4.78 is 6.13. The lowest BCUT2D eigenvalue weighted by Crippen LogP contribution is -2.48. The van der Waals surface area contributed by atoms with E-state index in [1.54, 1.807) is 6.92 Å². The first-order valence-corrected chi connectivity index (χ1v) is 6.21. The summed E-state index contributed by atoms with van der Waals surface area (Å²) in [5.74, 6) is 1.21. The third-order valence-corrected chi connectivity index (χ3v) is 3.93. The minimum Gasteiger partial charge on any atom is -0.487 e. The third kappa shape index (κ3) is 1.79. The van der Waals surface area contributed by atoms with E-state index >= 15 is 0 Å². The Hall–Kier alpha value is -1.51. The van der Waals surface area contributed by atoms with Gasteiger partial charge in [0.05, 0.1) is 0 Å². The normalized spacial score (nSPS) is 21.1. The molecule has 0 saturated carbocycles. The summed E-state index contributed by atoms with van der Waals surface area (Å²) >= 11 is 0. The summed E-state index contributed by atoms with van der Waals surface area (Å²) in [6, 6.07) is 8.26. The molecular weight excluding hydrogens is 214 g/mol. The van der Waals surface area contributed by atoms with Crippen molar-refractivity contribution in [2.24, 2.45) is 0 Å². The van der Waals surface area contributed by atoms with E-state index in [9.17, 15) is 4.79 Å². The van der Waals surface area contributed by atoms with Crippen molar-refractivity contribution in [2.45, 2.75) is 31.8 Å². The SMILES string of the molecule is CC(=O)N1CCC2(CC1)Cc1ccccc1O2. The van der Waals surface area contributed by atoms with Crippen molar-refractivity contribution < 1.29 is 9.53 Å². The predicted molar refractivity (Wildman–Crippen MR) is 65.0 cm³/mol. The monoisotopic (exact) mass is 231 g/mol. The van der Waals surface area contributed by atoms with Gasteiger partial charge in [-0.3, -0.25) is 4.79 Å². The average molecular weight is 231 g/mol. The molecule has 17 heavy (non-hydrogen) atoms. The fraction of sp³-hybridized carbons (Fsp3) is 0.500. The van der Waals surface area contributed by atoms with Gasteiger partial charge in [-0.05, 0) is 11.6 Å². The van der Waals surface area contributed by atoms with Crippen LogP contribution in [0.3, 0.4) is 0 Å². The molecule has 0 bridgehead atoms. The third-order valence-electron chi connectivity index (χ3n) is 3.93. The highest BCUT2D eigenvalue weighted by molar-refractivity contribution is 5.73. The second-order valence-corrected chi connectivity index (χ2v) is 5.08. The maximum atomic E-state index is 11.3. The van der Waals surface area contributed by atoms with E-state index in [-0.39, 0.29) is 11.5 Å². The van der Waals surface area contributed by atoms with Crippen molar-refractivity contribution in [2.75, 3.05) is 13.1 Å². The van der Waals surface area contributed by atoms with Crippen LogP contribution in [-0.4, -0.2) is 29.5 Å². The molecule has 3 rings (SSSR count). The molecule has 0 atom stereocenters. The molecule has 1 spiro atoms. The Morgan fingerprint density at radius 2 is 2.00 bits per heavy atom. The van der Waals surface area contributed by atoms with Gasteiger partial charge in [-0.2, -0.15) is 0 Å². The number of ether oxygens (including phenoxy) is 1. The maximum absolute atomic E-state index is 11.3. The number of fused-ring (bicyclic) bond motifs is 1. The predicted octanol–water partition coefficient (Wildman–Crippen LogP) is 2.00. The molecule has 3 nitrogen and oxygen atoms in total. The maximum Gasteiger partial charge on any atom is 0.219 e. The highest BCUT2D eigenvalue weighted by Gasteiger charge is 2.42. The van der Waals surface area contributed by atoms with Gasteiger partial charge in [-0.15, -0.1) is 0 Å². The van der Waals surface area contributed by atoms with Crippen molar-refractivity contribution in [1.82, 2.24) is 4.90 Å². The van der Waals surface area contributed by atoms with Crippen LogP contribution in [-0.2, 0) is 11.2 Å². The molecule has 0 aliphatic carbocycles. The minimum absolute atomic E-state index is 0.0460. The van der Waals surface area contributed by atoms with E-state index in [1.807, 2.05) is 17.0 Å². The Kier molecular flexibility index (Phi) is 2.35. The molecule has 1 amide bonds. The van der Waals surface area contributed by atoms with Crippen LogP contribution in [0.1, 0.15) is 25.3 Å². The van der Waals surface area contributed by atoms with Gasteiger partial charge < -0.3 is 9.64 Å². The van der Waals surface area contributed by atoms with Crippen LogP contribution in [0.4, 0.5) is 0 Å². The highest BCUT2D eigenvalue weighted by atomic mass is 16.5. The van der Waals surface area contributed by atoms with Crippen LogP contribution < -0.4 is 4.74 Å². The molecular formula is C14H17NO2. The van der Waals surface area contributed by atoms with Crippen molar-refractivity contribution in [3.05, 3.63) is 29.8 Å². The summed E-state index contributed by atoms with van der Waals surface area (Å²) in [6.07, 6.45) is 2.89. The molecule has 3 heteroatoms. The van der Waals surface area contributed by atoms with Crippen LogP contribution in [0.2, 0.25) is 0 Å². The lowest BCUT2D eigenvalue weighted by molar-refractivity contribution is -0.131. The fourth-order valence-corrected chi connectivity index (χ4v) is 2.87. The van der Waals surface area contributed by atoms with E-state index in [4.69, 9.17) is 4.74 Å². The Morgan fingerprint density at radius 3 is 2.65 bits per heavy atom. The van der Waals surface area contributed by atoms with Gasteiger partial charge in [-0.1, -0.05) is 18.2 Å².